The second-order valence-corrected chi connectivity index (χ2v) is 19.2. The van der Waals surface area contributed by atoms with Gasteiger partial charge in [-0.2, -0.15) is 0 Å². The predicted molar refractivity (Wildman–Crippen MR) is 223 cm³/mol. The van der Waals surface area contributed by atoms with Crippen LogP contribution in [0.25, 0.3) is 0 Å². The number of carbonyl (C=O) groups is 1. The Hall–Kier alpha value is -2.05. The third-order valence-electron chi connectivity index (χ3n) is 14.4. The maximum Gasteiger partial charge on any atom is 0.316 e. The zero-order valence-corrected chi connectivity index (χ0v) is 37.8. The standard InChI is InChI=1S/C47H72O14/c1-24(2)41-27(5)16-17-46(61-41)22-33-19-32(60-46)15-14-26(4)42(25(3)12-11-13-31-23-54-44-39(48)28(6)18-34(45(50)57-33)47(31,44)51)58-38-21-36(53-10)43(30(8)56-38)59-37-20-35(52-9)40(49)29(7)55-37/h11-14,18,24-25,27,29-30,32-44,48-49,51H,15-17,19-23H2,1-10H3. The number of ether oxygens (including phenoxy) is 10. The van der Waals surface area contributed by atoms with E-state index < -0.39 is 90.8 Å². The number of rotatable bonds is 7. The van der Waals surface area contributed by atoms with Gasteiger partial charge in [0, 0.05) is 52.2 Å². The minimum Gasteiger partial charge on any atom is -0.462 e. The first-order chi connectivity index (χ1) is 29.0. The van der Waals surface area contributed by atoms with Crippen molar-refractivity contribution in [1.29, 1.82) is 0 Å². The van der Waals surface area contributed by atoms with Gasteiger partial charge in [0.2, 0.25) is 0 Å². The molecule has 7 aliphatic rings. The minimum absolute atomic E-state index is 0.0210. The molecule has 6 heterocycles. The molecule has 0 radical (unpaired) electrons. The predicted octanol–water partition coefficient (Wildman–Crippen LogP) is 5.21. The molecule has 344 valence electrons. The number of methoxy groups -OCH3 is 2. The highest BCUT2D eigenvalue weighted by molar-refractivity contribution is 5.78. The Bertz CT molecular complexity index is 1660. The van der Waals surface area contributed by atoms with Crippen LogP contribution in [-0.4, -0.2) is 139 Å². The summed E-state index contributed by atoms with van der Waals surface area (Å²) >= 11 is 0. The third-order valence-corrected chi connectivity index (χ3v) is 14.4. The molecule has 61 heavy (non-hydrogen) atoms. The van der Waals surface area contributed by atoms with Crippen LogP contribution in [0.2, 0.25) is 0 Å². The van der Waals surface area contributed by atoms with Crippen molar-refractivity contribution in [3.05, 3.63) is 47.1 Å². The van der Waals surface area contributed by atoms with Gasteiger partial charge in [-0.05, 0) is 69.1 Å². The Morgan fingerprint density at radius 3 is 2.31 bits per heavy atom. The molecule has 0 saturated carbocycles. The summed E-state index contributed by atoms with van der Waals surface area (Å²) in [6, 6.07) is 0. The molecule has 14 nitrogen and oxygen atoms in total. The van der Waals surface area contributed by atoms with Crippen LogP contribution in [0.4, 0.5) is 0 Å². The summed E-state index contributed by atoms with van der Waals surface area (Å²) in [5.74, 6) is -2.15. The first kappa shape index (κ1) is 46.9. The van der Waals surface area contributed by atoms with E-state index in [9.17, 15) is 20.1 Å². The molecule has 1 aliphatic carbocycles. The summed E-state index contributed by atoms with van der Waals surface area (Å²) < 4.78 is 63.7. The number of allylic oxidation sites excluding steroid dienone is 2. The summed E-state index contributed by atoms with van der Waals surface area (Å²) in [5.41, 5.74) is 0.184. The Morgan fingerprint density at radius 2 is 1.59 bits per heavy atom. The number of esters is 1. The van der Waals surface area contributed by atoms with E-state index in [4.69, 9.17) is 47.4 Å². The molecule has 0 amide bonds. The van der Waals surface area contributed by atoms with Crippen molar-refractivity contribution >= 4 is 5.97 Å². The smallest absolute Gasteiger partial charge is 0.316 e. The first-order valence-electron chi connectivity index (χ1n) is 22.6. The molecule has 5 saturated heterocycles. The quantitative estimate of drug-likeness (QED) is 0.225. The monoisotopic (exact) mass is 860 g/mol. The van der Waals surface area contributed by atoms with Gasteiger partial charge in [-0.15, -0.1) is 0 Å². The van der Waals surface area contributed by atoms with Crippen molar-refractivity contribution in [2.24, 2.45) is 23.7 Å². The zero-order valence-electron chi connectivity index (χ0n) is 37.8. The average molecular weight is 861 g/mol. The lowest BCUT2D eigenvalue weighted by Crippen LogP contribution is -2.58. The maximum absolute atomic E-state index is 14.3. The van der Waals surface area contributed by atoms with Gasteiger partial charge < -0.3 is 62.7 Å². The fourth-order valence-corrected chi connectivity index (χ4v) is 10.8. The second kappa shape index (κ2) is 19.2. The Morgan fingerprint density at radius 1 is 0.885 bits per heavy atom. The fourth-order valence-electron chi connectivity index (χ4n) is 10.8. The molecule has 14 heteroatoms. The third kappa shape index (κ3) is 9.67. The van der Waals surface area contributed by atoms with Crippen LogP contribution in [0.15, 0.2) is 47.1 Å². The minimum atomic E-state index is -1.82. The van der Waals surface area contributed by atoms with Gasteiger partial charge in [0.25, 0.3) is 0 Å². The summed E-state index contributed by atoms with van der Waals surface area (Å²) in [5, 5.41) is 34.2. The van der Waals surface area contributed by atoms with Crippen LogP contribution in [-0.2, 0) is 52.2 Å². The zero-order chi connectivity index (χ0) is 44.0. The lowest BCUT2D eigenvalue weighted by Gasteiger charge is -2.50. The van der Waals surface area contributed by atoms with Gasteiger partial charge in [-0.1, -0.05) is 58.1 Å². The normalized spacial score (nSPS) is 47.3. The van der Waals surface area contributed by atoms with Crippen molar-refractivity contribution in [3.8, 4) is 0 Å². The van der Waals surface area contributed by atoms with Gasteiger partial charge >= 0.3 is 5.97 Å². The van der Waals surface area contributed by atoms with E-state index in [1.54, 1.807) is 40.2 Å². The summed E-state index contributed by atoms with van der Waals surface area (Å²) in [6.45, 7) is 16.2. The van der Waals surface area contributed by atoms with E-state index in [1.807, 2.05) is 19.1 Å². The van der Waals surface area contributed by atoms with E-state index in [2.05, 4.69) is 40.7 Å². The molecule has 6 aliphatic heterocycles. The molecule has 3 N–H and O–H groups in total. The van der Waals surface area contributed by atoms with Crippen LogP contribution < -0.4 is 0 Å². The van der Waals surface area contributed by atoms with Crippen molar-refractivity contribution in [3.63, 3.8) is 0 Å². The number of carbonyl (C=O) groups excluding carboxylic acids is 1. The van der Waals surface area contributed by atoms with Gasteiger partial charge in [0.1, 0.15) is 42.0 Å². The van der Waals surface area contributed by atoms with Crippen molar-refractivity contribution in [2.75, 3.05) is 20.8 Å². The molecule has 0 aromatic rings. The van der Waals surface area contributed by atoms with Crippen molar-refractivity contribution in [1.82, 2.24) is 0 Å². The highest BCUT2D eigenvalue weighted by atomic mass is 16.7. The van der Waals surface area contributed by atoms with Crippen molar-refractivity contribution < 1.29 is 67.5 Å². The largest absolute Gasteiger partial charge is 0.462 e. The van der Waals surface area contributed by atoms with Crippen LogP contribution in [0.3, 0.4) is 0 Å². The molecule has 1 spiro atoms. The highest BCUT2D eigenvalue weighted by Gasteiger charge is 2.60. The van der Waals surface area contributed by atoms with Crippen molar-refractivity contribution in [2.45, 2.75) is 198 Å². The Kier molecular flexibility index (Phi) is 14.8. The van der Waals surface area contributed by atoms with Crippen LogP contribution in [0.5, 0.6) is 0 Å². The summed E-state index contributed by atoms with van der Waals surface area (Å²) in [4.78, 5) is 14.3. The highest BCUT2D eigenvalue weighted by Crippen LogP contribution is 2.48. The van der Waals surface area contributed by atoms with Gasteiger partial charge in [-0.3, -0.25) is 4.79 Å². The maximum atomic E-state index is 14.3. The molecule has 19 atom stereocenters. The number of hydrogen-bond donors (Lipinski definition) is 3. The Balaban J connectivity index is 1.17. The molecule has 19 unspecified atom stereocenters. The lowest BCUT2D eigenvalue weighted by atomic mass is 9.71. The van der Waals surface area contributed by atoms with Gasteiger partial charge in [0.05, 0.1) is 49.3 Å². The topological polar surface area (TPSA) is 170 Å². The molecular formula is C47H72O14. The summed E-state index contributed by atoms with van der Waals surface area (Å²) in [7, 11) is 3.22. The molecule has 0 aromatic carbocycles. The number of aliphatic hydroxyl groups is 3. The average Bonchev–Trinajstić information content (AvgIpc) is 3.56. The summed E-state index contributed by atoms with van der Waals surface area (Å²) in [6.07, 6.45) is 5.52. The molecule has 0 aromatic heterocycles. The number of fused-ring (bicyclic) bond motifs is 2. The SMILES string of the molecule is COC1CC(OC2C(C)OC(OC3C(C)=CCC4CC(CC5(CCC(C)C(C(C)C)O5)O4)OC(=O)C4C=C(C)C(O)C5OCC(=CC=CC3C)C45O)CC2OC)OC(C)C1O. The molecule has 5 fully saturated rings. The molecular weight excluding hydrogens is 789 g/mol. The molecule has 7 rings (SSSR count). The van der Waals surface area contributed by atoms with E-state index in [0.717, 1.165) is 12.0 Å². The lowest BCUT2D eigenvalue weighted by molar-refractivity contribution is -0.340. The van der Waals surface area contributed by atoms with Crippen LogP contribution >= 0.6 is 0 Å². The van der Waals surface area contributed by atoms with E-state index in [0.29, 0.717) is 55.6 Å². The van der Waals surface area contributed by atoms with Crippen LogP contribution in [0.1, 0.15) is 100 Å². The van der Waals surface area contributed by atoms with E-state index in [1.165, 1.54) is 0 Å². The number of hydrogen-bond acceptors (Lipinski definition) is 14. The Labute approximate surface area is 361 Å². The van der Waals surface area contributed by atoms with Crippen LogP contribution in [0, 0.1) is 23.7 Å². The van der Waals surface area contributed by atoms with Gasteiger partial charge in [-0.25, -0.2) is 0 Å². The first-order valence-corrected chi connectivity index (χ1v) is 22.6. The molecule has 2 bridgehead atoms. The number of aliphatic hydroxyl groups excluding tert-OH is 2. The van der Waals surface area contributed by atoms with E-state index in [-0.39, 0.29) is 36.8 Å². The van der Waals surface area contributed by atoms with Gasteiger partial charge in [0.15, 0.2) is 18.4 Å². The van der Waals surface area contributed by atoms with E-state index >= 15 is 0 Å². The fraction of sp³-hybridized carbons (Fsp3) is 0.809. The second-order valence-electron chi connectivity index (χ2n) is 19.2.